The fraction of sp³-hybridized carbons (Fsp3) is 0.588. The van der Waals surface area contributed by atoms with Crippen molar-refractivity contribution in [3.8, 4) is 0 Å². The van der Waals surface area contributed by atoms with Crippen LogP contribution >= 0.6 is 11.3 Å². The average molecular weight is 332 g/mol. The van der Waals surface area contributed by atoms with Crippen molar-refractivity contribution < 1.29 is 4.79 Å². The summed E-state index contributed by atoms with van der Waals surface area (Å²) in [4.78, 5) is 22.8. The molecular formula is C17H24N4OS. The number of aromatic nitrogens is 3. The standard InChI is InChI=1S/C17H24N4OS/c1-11(2)16-18-9-10-21(16)12(3)17(22)19-8-7-15-20-13-5-4-6-14(13)23-15/h9-12H,4-8H2,1-3H3,(H,19,22)/t12-/m1/s1. The van der Waals surface area contributed by atoms with Crippen LogP contribution in [0.15, 0.2) is 12.4 Å². The Kier molecular flexibility index (Phi) is 4.80. The van der Waals surface area contributed by atoms with Crippen LogP contribution in [0.3, 0.4) is 0 Å². The van der Waals surface area contributed by atoms with E-state index in [1.165, 1.54) is 23.4 Å². The normalized spacial score (nSPS) is 15.0. The van der Waals surface area contributed by atoms with Gasteiger partial charge in [0.1, 0.15) is 11.9 Å². The highest BCUT2D eigenvalue weighted by Crippen LogP contribution is 2.27. The molecule has 0 saturated carbocycles. The smallest absolute Gasteiger partial charge is 0.242 e. The molecule has 0 aromatic carbocycles. The SMILES string of the molecule is CC(C)c1nccn1[C@H](C)C(=O)NCCc1nc2c(s1)CCC2. The Labute approximate surface area is 141 Å². The van der Waals surface area contributed by atoms with Crippen molar-refractivity contribution in [2.24, 2.45) is 0 Å². The molecule has 1 N–H and O–H groups in total. The van der Waals surface area contributed by atoms with Crippen molar-refractivity contribution in [1.29, 1.82) is 0 Å². The number of carbonyl (C=O) groups is 1. The zero-order valence-corrected chi connectivity index (χ0v) is 14.8. The van der Waals surface area contributed by atoms with E-state index in [1.54, 1.807) is 6.20 Å². The highest BCUT2D eigenvalue weighted by atomic mass is 32.1. The van der Waals surface area contributed by atoms with Gasteiger partial charge < -0.3 is 9.88 Å². The van der Waals surface area contributed by atoms with Crippen LogP contribution in [0.4, 0.5) is 0 Å². The number of hydrogen-bond acceptors (Lipinski definition) is 4. The van der Waals surface area contributed by atoms with Gasteiger partial charge in [0.2, 0.25) is 5.91 Å². The van der Waals surface area contributed by atoms with Crippen LogP contribution in [0.25, 0.3) is 0 Å². The summed E-state index contributed by atoms with van der Waals surface area (Å²) in [6.45, 7) is 6.73. The van der Waals surface area contributed by atoms with Crippen molar-refractivity contribution in [3.05, 3.63) is 33.8 Å². The third-order valence-corrected chi connectivity index (χ3v) is 5.51. The molecule has 1 atom stereocenters. The number of rotatable bonds is 6. The van der Waals surface area contributed by atoms with Gasteiger partial charge in [-0.3, -0.25) is 4.79 Å². The lowest BCUT2D eigenvalue weighted by molar-refractivity contribution is -0.123. The zero-order chi connectivity index (χ0) is 16.4. The molecule has 2 aromatic heterocycles. The first-order chi connectivity index (χ1) is 11.1. The summed E-state index contributed by atoms with van der Waals surface area (Å²) >= 11 is 1.81. The van der Waals surface area contributed by atoms with E-state index in [9.17, 15) is 4.79 Å². The fourth-order valence-electron chi connectivity index (χ4n) is 3.02. The number of amides is 1. The van der Waals surface area contributed by atoms with Crippen LogP contribution in [0, 0.1) is 0 Å². The largest absolute Gasteiger partial charge is 0.354 e. The molecule has 3 rings (SSSR count). The summed E-state index contributed by atoms with van der Waals surface area (Å²) < 4.78 is 1.96. The molecule has 1 amide bonds. The number of imidazole rings is 1. The van der Waals surface area contributed by atoms with Gasteiger partial charge in [-0.15, -0.1) is 11.3 Å². The van der Waals surface area contributed by atoms with E-state index in [4.69, 9.17) is 0 Å². The Morgan fingerprint density at radius 1 is 1.39 bits per heavy atom. The van der Waals surface area contributed by atoms with E-state index in [2.05, 4.69) is 29.1 Å². The predicted octanol–water partition coefficient (Wildman–Crippen LogP) is 2.87. The first kappa shape index (κ1) is 16.2. The van der Waals surface area contributed by atoms with E-state index < -0.39 is 0 Å². The summed E-state index contributed by atoms with van der Waals surface area (Å²) in [7, 11) is 0. The van der Waals surface area contributed by atoms with Crippen LogP contribution in [0.1, 0.15) is 60.6 Å². The van der Waals surface area contributed by atoms with E-state index in [0.29, 0.717) is 12.5 Å². The first-order valence-electron chi connectivity index (χ1n) is 8.34. The molecule has 0 saturated heterocycles. The summed E-state index contributed by atoms with van der Waals surface area (Å²) in [5.41, 5.74) is 1.28. The molecule has 5 nitrogen and oxygen atoms in total. The summed E-state index contributed by atoms with van der Waals surface area (Å²) in [5.74, 6) is 1.29. The topological polar surface area (TPSA) is 59.8 Å². The van der Waals surface area contributed by atoms with E-state index in [0.717, 1.165) is 23.7 Å². The van der Waals surface area contributed by atoms with Crippen LogP contribution in [-0.2, 0) is 24.1 Å². The summed E-state index contributed by atoms with van der Waals surface area (Å²) in [6, 6.07) is -0.240. The molecule has 2 heterocycles. The molecule has 124 valence electrons. The minimum atomic E-state index is -0.240. The number of nitrogens with zero attached hydrogens (tertiary/aromatic N) is 3. The van der Waals surface area contributed by atoms with Crippen LogP contribution in [-0.4, -0.2) is 27.0 Å². The van der Waals surface area contributed by atoms with Gasteiger partial charge in [-0.05, 0) is 26.2 Å². The Bertz CT molecular complexity index is 667. The third-order valence-electron chi connectivity index (χ3n) is 4.29. The number of fused-ring (bicyclic) bond motifs is 1. The van der Waals surface area contributed by atoms with Gasteiger partial charge in [0.15, 0.2) is 0 Å². The second-order valence-corrected chi connectivity index (χ2v) is 7.56. The molecule has 0 unspecified atom stereocenters. The quantitative estimate of drug-likeness (QED) is 0.885. The second kappa shape index (κ2) is 6.83. The van der Waals surface area contributed by atoms with Gasteiger partial charge in [0.25, 0.3) is 0 Å². The van der Waals surface area contributed by atoms with Crippen molar-refractivity contribution in [3.63, 3.8) is 0 Å². The Hall–Kier alpha value is -1.69. The van der Waals surface area contributed by atoms with Crippen molar-refractivity contribution in [1.82, 2.24) is 19.9 Å². The van der Waals surface area contributed by atoms with Gasteiger partial charge >= 0.3 is 0 Å². The lowest BCUT2D eigenvalue weighted by atomic mass is 10.2. The first-order valence-corrected chi connectivity index (χ1v) is 9.15. The lowest BCUT2D eigenvalue weighted by Gasteiger charge is -2.17. The molecular weight excluding hydrogens is 308 g/mol. The van der Waals surface area contributed by atoms with Crippen molar-refractivity contribution in [2.75, 3.05) is 6.54 Å². The molecule has 0 aliphatic heterocycles. The van der Waals surface area contributed by atoms with Gasteiger partial charge in [-0.2, -0.15) is 0 Å². The van der Waals surface area contributed by atoms with Crippen LogP contribution in [0.5, 0.6) is 0 Å². The maximum atomic E-state index is 12.4. The fourth-order valence-corrected chi connectivity index (χ4v) is 4.17. The average Bonchev–Trinajstić information content (AvgIpc) is 3.21. The molecule has 2 aromatic rings. The minimum Gasteiger partial charge on any atom is -0.354 e. The Morgan fingerprint density at radius 3 is 2.96 bits per heavy atom. The minimum absolute atomic E-state index is 0.0361. The van der Waals surface area contributed by atoms with E-state index in [1.807, 2.05) is 29.0 Å². The Balaban J connectivity index is 1.53. The number of carbonyl (C=O) groups excluding carboxylic acids is 1. The zero-order valence-electron chi connectivity index (χ0n) is 14.0. The Morgan fingerprint density at radius 2 is 2.22 bits per heavy atom. The molecule has 23 heavy (non-hydrogen) atoms. The lowest BCUT2D eigenvalue weighted by Crippen LogP contribution is -2.33. The molecule has 0 spiro atoms. The number of hydrogen-bond donors (Lipinski definition) is 1. The van der Waals surface area contributed by atoms with Crippen molar-refractivity contribution >= 4 is 17.2 Å². The van der Waals surface area contributed by atoms with Crippen LogP contribution < -0.4 is 5.32 Å². The maximum Gasteiger partial charge on any atom is 0.242 e. The second-order valence-electron chi connectivity index (χ2n) is 6.40. The third kappa shape index (κ3) is 3.47. The van der Waals surface area contributed by atoms with Crippen molar-refractivity contribution in [2.45, 2.75) is 58.4 Å². The molecule has 6 heteroatoms. The predicted molar refractivity (Wildman–Crippen MR) is 91.9 cm³/mol. The number of thiazole rings is 1. The molecule has 1 aliphatic rings. The van der Waals surface area contributed by atoms with E-state index >= 15 is 0 Å². The molecule has 0 bridgehead atoms. The summed E-state index contributed by atoms with van der Waals surface area (Å²) in [6.07, 6.45) is 7.99. The van der Waals surface area contributed by atoms with Crippen LogP contribution in [0.2, 0.25) is 0 Å². The van der Waals surface area contributed by atoms with Gasteiger partial charge in [0, 0.05) is 36.2 Å². The molecule has 0 fully saturated rings. The highest BCUT2D eigenvalue weighted by molar-refractivity contribution is 7.11. The highest BCUT2D eigenvalue weighted by Gasteiger charge is 2.20. The van der Waals surface area contributed by atoms with Gasteiger partial charge in [-0.25, -0.2) is 9.97 Å². The number of aryl methyl sites for hydroxylation is 2. The molecule has 1 aliphatic carbocycles. The number of nitrogens with one attached hydrogen (secondary N) is 1. The summed E-state index contributed by atoms with van der Waals surface area (Å²) in [5, 5.41) is 4.18. The van der Waals surface area contributed by atoms with Gasteiger partial charge in [0.05, 0.1) is 10.7 Å². The maximum absolute atomic E-state index is 12.4. The van der Waals surface area contributed by atoms with Gasteiger partial charge in [-0.1, -0.05) is 13.8 Å². The monoisotopic (exact) mass is 332 g/mol. The molecule has 0 radical (unpaired) electrons. The van der Waals surface area contributed by atoms with E-state index in [-0.39, 0.29) is 11.9 Å².